The summed E-state index contributed by atoms with van der Waals surface area (Å²) in [6.45, 7) is 0. The second-order valence-corrected chi connectivity index (χ2v) is 6.37. The molecular weight excluding hydrogens is 282 g/mol. The fourth-order valence-electron chi connectivity index (χ4n) is 2.75. The number of hydrogen-bond donors (Lipinski definition) is 2. The van der Waals surface area contributed by atoms with Crippen molar-refractivity contribution in [1.82, 2.24) is 4.98 Å². The van der Waals surface area contributed by atoms with E-state index in [0.29, 0.717) is 5.13 Å². The van der Waals surface area contributed by atoms with Gasteiger partial charge in [-0.3, -0.25) is 4.79 Å². The van der Waals surface area contributed by atoms with Crippen molar-refractivity contribution in [1.29, 1.82) is 0 Å². The quantitative estimate of drug-likeness (QED) is 0.914. The van der Waals surface area contributed by atoms with Crippen molar-refractivity contribution in [3.8, 4) is 11.3 Å². The molecule has 1 saturated carbocycles. The zero-order valence-corrected chi connectivity index (χ0v) is 12.6. The Labute approximate surface area is 128 Å². The summed E-state index contributed by atoms with van der Waals surface area (Å²) < 4.78 is 0. The molecular formula is C16H19N3OS. The van der Waals surface area contributed by atoms with Crippen molar-refractivity contribution in [2.45, 2.75) is 31.7 Å². The molecule has 0 bridgehead atoms. The molecule has 0 aliphatic heterocycles. The van der Waals surface area contributed by atoms with E-state index in [-0.39, 0.29) is 17.9 Å². The predicted molar refractivity (Wildman–Crippen MR) is 86.1 cm³/mol. The first-order valence-electron chi connectivity index (χ1n) is 7.30. The van der Waals surface area contributed by atoms with Crippen LogP contribution < -0.4 is 11.1 Å². The molecule has 0 radical (unpaired) electrons. The van der Waals surface area contributed by atoms with Gasteiger partial charge in [-0.1, -0.05) is 36.8 Å². The van der Waals surface area contributed by atoms with E-state index >= 15 is 0 Å². The van der Waals surface area contributed by atoms with E-state index in [1.165, 1.54) is 11.3 Å². The van der Waals surface area contributed by atoms with E-state index in [1.54, 1.807) is 0 Å². The smallest absolute Gasteiger partial charge is 0.229 e. The molecule has 1 aromatic heterocycles. The van der Waals surface area contributed by atoms with Crippen molar-refractivity contribution in [3.63, 3.8) is 0 Å². The number of amides is 1. The van der Waals surface area contributed by atoms with Gasteiger partial charge < -0.3 is 11.1 Å². The van der Waals surface area contributed by atoms with Gasteiger partial charge in [0.05, 0.1) is 5.69 Å². The molecule has 2 aromatic rings. The average Bonchev–Trinajstić information content (AvgIpc) is 2.97. The van der Waals surface area contributed by atoms with E-state index < -0.39 is 0 Å². The zero-order valence-electron chi connectivity index (χ0n) is 11.8. The maximum Gasteiger partial charge on any atom is 0.229 e. The van der Waals surface area contributed by atoms with Gasteiger partial charge in [0.1, 0.15) is 0 Å². The Kier molecular flexibility index (Phi) is 4.31. The maximum atomic E-state index is 12.3. The van der Waals surface area contributed by atoms with E-state index in [2.05, 4.69) is 10.3 Å². The van der Waals surface area contributed by atoms with Crippen LogP contribution in [-0.4, -0.2) is 16.9 Å². The second-order valence-electron chi connectivity index (χ2n) is 5.52. The highest BCUT2D eigenvalue weighted by Gasteiger charge is 2.25. The van der Waals surface area contributed by atoms with E-state index in [0.717, 1.165) is 36.9 Å². The van der Waals surface area contributed by atoms with Crippen LogP contribution >= 0.6 is 11.3 Å². The minimum atomic E-state index is 0.0258. The van der Waals surface area contributed by atoms with Gasteiger partial charge in [-0.15, -0.1) is 11.3 Å². The van der Waals surface area contributed by atoms with Crippen LogP contribution in [0.1, 0.15) is 25.7 Å². The molecule has 1 aliphatic carbocycles. The lowest BCUT2D eigenvalue weighted by molar-refractivity contribution is -0.120. The lowest BCUT2D eigenvalue weighted by atomic mass is 9.86. The van der Waals surface area contributed by atoms with Gasteiger partial charge in [-0.05, 0) is 19.3 Å². The lowest BCUT2D eigenvalue weighted by Crippen LogP contribution is -2.34. The van der Waals surface area contributed by atoms with E-state index in [4.69, 9.17) is 5.73 Å². The van der Waals surface area contributed by atoms with Crippen molar-refractivity contribution in [2.75, 3.05) is 5.32 Å². The molecule has 1 fully saturated rings. The third-order valence-electron chi connectivity index (χ3n) is 3.89. The minimum absolute atomic E-state index is 0.0258. The molecule has 5 heteroatoms. The number of nitrogens with two attached hydrogens (primary N) is 1. The number of nitrogens with one attached hydrogen (secondary N) is 1. The second kappa shape index (κ2) is 6.37. The molecule has 2 atom stereocenters. The first-order chi connectivity index (χ1) is 10.2. The number of carbonyl (C=O) groups is 1. The predicted octanol–water partition coefficient (Wildman–Crippen LogP) is 3.27. The summed E-state index contributed by atoms with van der Waals surface area (Å²) in [6.07, 6.45) is 3.77. The van der Waals surface area contributed by atoms with Crippen LogP contribution in [0, 0.1) is 5.92 Å². The summed E-state index contributed by atoms with van der Waals surface area (Å²) in [5, 5.41) is 5.57. The van der Waals surface area contributed by atoms with Crippen LogP contribution in [0.5, 0.6) is 0 Å². The van der Waals surface area contributed by atoms with Crippen molar-refractivity contribution >= 4 is 22.4 Å². The number of nitrogens with zero attached hydrogens (tertiary/aromatic N) is 1. The molecule has 21 heavy (non-hydrogen) atoms. The molecule has 1 heterocycles. The zero-order chi connectivity index (χ0) is 14.7. The normalized spacial score (nSPS) is 22.0. The SMILES string of the molecule is NC1CCCC(C(=O)Nc2nc(-c3ccccc3)cs2)C1. The molecule has 1 amide bonds. The Morgan fingerprint density at radius 2 is 2.10 bits per heavy atom. The largest absolute Gasteiger partial charge is 0.328 e. The molecule has 4 nitrogen and oxygen atoms in total. The summed E-state index contributed by atoms with van der Waals surface area (Å²) in [4.78, 5) is 16.7. The molecule has 1 aromatic carbocycles. The summed E-state index contributed by atoms with van der Waals surface area (Å²) in [5.41, 5.74) is 7.91. The van der Waals surface area contributed by atoms with Gasteiger partial charge in [0.2, 0.25) is 5.91 Å². The molecule has 110 valence electrons. The molecule has 3 N–H and O–H groups in total. The number of aromatic nitrogens is 1. The highest BCUT2D eigenvalue weighted by molar-refractivity contribution is 7.14. The van der Waals surface area contributed by atoms with Gasteiger partial charge in [0.15, 0.2) is 5.13 Å². The first-order valence-corrected chi connectivity index (χ1v) is 8.18. The van der Waals surface area contributed by atoms with Crippen LogP contribution in [0.4, 0.5) is 5.13 Å². The summed E-state index contributed by atoms with van der Waals surface area (Å²) >= 11 is 1.46. The van der Waals surface area contributed by atoms with Crippen molar-refractivity contribution in [2.24, 2.45) is 11.7 Å². The summed E-state index contributed by atoms with van der Waals surface area (Å²) in [5.74, 6) is 0.0805. The number of anilines is 1. The molecule has 3 rings (SSSR count). The molecule has 0 saturated heterocycles. The van der Waals surface area contributed by atoms with Gasteiger partial charge in [-0.25, -0.2) is 4.98 Å². The van der Waals surface area contributed by atoms with E-state index in [9.17, 15) is 4.79 Å². The minimum Gasteiger partial charge on any atom is -0.328 e. The highest BCUT2D eigenvalue weighted by atomic mass is 32.1. The average molecular weight is 301 g/mol. The Morgan fingerprint density at radius 3 is 2.86 bits per heavy atom. The number of thiazole rings is 1. The molecule has 0 spiro atoms. The Morgan fingerprint density at radius 1 is 1.29 bits per heavy atom. The monoisotopic (exact) mass is 301 g/mol. The third-order valence-corrected chi connectivity index (χ3v) is 4.65. The van der Waals surface area contributed by atoms with Gasteiger partial charge in [0, 0.05) is 22.9 Å². The molecule has 2 unspecified atom stereocenters. The van der Waals surface area contributed by atoms with Crippen LogP contribution in [0.3, 0.4) is 0 Å². The number of carbonyl (C=O) groups excluding carboxylic acids is 1. The Hall–Kier alpha value is -1.72. The van der Waals surface area contributed by atoms with Crippen molar-refractivity contribution in [3.05, 3.63) is 35.7 Å². The Bertz CT molecular complexity index is 611. The summed E-state index contributed by atoms with van der Waals surface area (Å²) in [6, 6.07) is 10.1. The van der Waals surface area contributed by atoms with Gasteiger partial charge in [0.25, 0.3) is 0 Å². The van der Waals surface area contributed by atoms with Gasteiger partial charge in [-0.2, -0.15) is 0 Å². The first kappa shape index (κ1) is 14.2. The van der Waals surface area contributed by atoms with Crippen LogP contribution in [0.2, 0.25) is 0 Å². The number of hydrogen-bond acceptors (Lipinski definition) is 4. The van der Waals surface area contributed by atoms with E-state index in [1.807, 2.05) is 35.7 Å². The maximum absolute atomic E-state index is 12.3. The molecule has 1 aliphatic rings. The fourth-order valence-corrected chi connectivity index (χ4v) is 3.47. The Balaban J connectivity index is 1.66. The van der Waals surface area contributed by atoms with Crippen molar-refractivity contribution < 1.29 is 4.79 Å². The lowest BCUT2D eigenvalue weighted by Gasteiger charge is -2.25. The van der Waals surface area contributed by atoms with Crippen LogP contribution in [0.25, 0.3) is 11.3 Å². The summed E-state index contributed by atoms with van der Waals surface area (Å²) in [7, 11) is 0. The fraction of sp³-hybridized carbons (Fsp3) is 0.375. The number of benzene rings is 1. The standard InChI is InChI=1S/C16H19N3OS/c17-13-8-4-7-12(9-13)15(20)19-16-18-14(10-21-16)11-5-2-1-3-6-11/h1-3,5-6,10,12-13H,4,7-9,17H2,(H,18,19,20). The topological polar surface area (TPSA) is 68.0 Å². The highest BCUT2D eigenvalue weighted by Crippen LogP contribution is 2.27. The number of rotatable bonds is 3. The van der Waals surface area contributed by atoms with Crippen LogP contribution in [-0.2, 0) is 4.79 Å². The third kappa shape index (κ3) is 3.49. The van der Waals surface area contributed by atoms with Crippen LogP contribution in [0.15, 0.2) is 35.7 Å². The van der Waals surface area contributed by atoms with Gasteiger partial charge >= 0.3 is 0 Å².